The van der Waals surface area contributed by atoms with E-state index in [4.69, 9.17) is 0 Å². The van der Waals surface area contributed by atoms with Crippen LogP contribution in [0.15, 0.2) is 12.3 Å². The summed E-state index contributed by atoms with van der Waals surface area (Å²) in [5.41, 5.74) is 2.17. The van der Waals surface area contributed by atoms with Crippen molar-refractivity contribution in [3.63, 3.8) is 0 Å². The highest BCUT2D eigenvalue weighted by molar-refractivity contribution is 5.53. The van der Waals surface area contributed by atoms with Crippen molar-refractivity contribution in [2.24, 2.45) is 0 Å². The average molecular weight is 303 g/mol. The minimum Gasteiger partial charge on any atom is -0.362 e. The summed E-state index contributed by atoms with van der Waals surface area (Å²) < 4.78 is 38.3. The zero-order valence-electron chi connectivity index (χ0n) is 12.9. The van der Waals surface area contributed by atoms with E-state index in [2.05, 4.69) is 10.3 Å². The molecule has 1 N–H and O–H groups in total. The molecule has 0 bridgehead atoms. The first-order valence-electron chi connectivity index (χ1n) is 7.35. The van der Waals surface area contributed by atoms with Gasteiger partial charge in [0.15, 0.2) is 0 Å². The molecular formula is C15H24F3N3. The smallest absolute Gasteiger partial charge is 0.362 e. The maximum atomic E-state index is 12.8. The Morgan fingerprint density at radius 3 is 2.52 bits per heavy atom. The lowest BCUT2D eigenvalue weighted by Gasteiger charge is -2.28. The molecule has 120 valence electrons. The molecule has 1 rings (SSSR count). The van der Waals surface area contributed by atoms with Crippen LogP contribution < -0.4 is 10.2 Å². The molecule has 0 atom stereocenters. The summed E-state index contributed by atoms with van der Waals surface area (Å²) in [6, 6.07) is 1.74. The van der Waals surface area contributed by atoms with Crippen molar-refractivity contribution in [3.05, 3.63) is 23.5 Å². The van der Waals surface area contributed by atoms with Crippen LogP contribution in [0, 0.1) is 6.92 Å². The summed E-state index contributed by atoms with van der Waals surface area (Å²) >= 11 is 0. The molecule has 21 heavy (non-hydrogen) atoms. The molecule has 0 aliphatic rings. The van der Waals surface area contributed by atoms with E-state index < -0.39 is 12.7 Å². The van der Waals surface area contributed by atoms with Gasteiger partial charge in [0.25, 0.3) is 0 Å². The van der Waals surface area contributed by atoms with Gasteiger partial charge in [-0.2, -0.15) is 13.2 Å². The Labute approximate surface area is 124 Å². The maximum Gasteiger partial charge on any atom is 0.405 e. The third-order valence-corrected chi connectivity index (χ3v) is 3.05. The fraction of sp³-hybridized carbons (Fsp3) is 0.667. The van der Waals surface area contributed by atoms with Crippen LogP contribution in [0.25, 0.3) is 0 Å². The van der Waals surface area contributed by atoms with Gasteiger partial charge >= 0.3 is 6.18 Å². The van der Waals surface area contributed by atoms with Crippen LogP contribution in [0.1, 0.15) is 37.9 Å². The number of alkyl halides is 3. The van der Waals surface area contributed by atoms with Gasteiger partial charge in [0.2, 0.25) is 0 Å². The molecule has 0 aromatic carbocycles. The van der Waals surface area contributed by atoms with E-state index in [1.165, 1.54) is 4.90 Å². The molecule has 0 spiro atoms. The molecule has 0 saturated heterocycles. The van der Waals surface area contributed by atoms with E-state index in [0.717, 1.165) is 24.2 Å². The largest absolute Gasteiger partial charge is 0.405 e. The van der Waals surface area contributed by atoms with Crippen LogP contribution in [-0.4, -0.2) is 30.8 Å². The molecule has 1 heterocycles. The van der Waals surface area contributed by atoms with E-state index >= 15 is 0 Å². The molecule has 0 aliphatic heterocycles. The van der Waals surface area contributed by atoms with Crippen molar-refractivity contribution in [2.75, 3.05) is 24.5 Å². The molecule has 0 amide bonds. The average Bonchev–Trinajstić information content (AvgIpc) is 2.38. The Balaban J connectivity index is 3.00. The SMILES string of the molecule is CCCNCc1cnc(C)cc1N(CCC)CC(F)(F)F. The van der Waals surface area contributed by atoms with Crippen molar-refractivity contribution in [1.82, 2.24) is 10.3 Å². The summed E-state index contributed by atoms with van der Waals surface area (Å²) in [6.45, 7) is 6.55. The van der Waals surface area contributed by atoms with Gasteiger partial charge in [-0.05, 0) is 32.4 Å². The monoisotopic (exact) mass is 303 g/mol. The molecule has 0 fully saturated rings. The second kappa shape index (κ2) is 8.22. The molecule has 0 unspecified atom stereocenters. The van der Waals surface area contributed by atoms with Gasteiger partial charge in [0.1, 0.15) is 6.54 Å². The third kappa shape index (κ3) is 6.33. The van der Waals surface area contributed by atoms with Gasteiger partial charge in [-0.15, -0.1) is 0 Å². The topological polar surface area (TPSA) is 28.2 Å². The fourth-order valence-corrected chi connectivity index (χ4v) is 2.18. The lowest BCUT2D eigenvalue weighted by atomic mass is 10.1. The number of aryl methyl sites for hydroxylation is 1. The number of nitrogens with zero attached hydrogens (tertiary/aromatic N) is 2. The summed E-state index contributed by atoms with van der Waals surface area (Å²) in [6.07, 6.45) is -0.887. The lowest BCUT2D eigenvalue weighted by Crippen LogP contribution is -2.36. The predicted molar refractivity (Wildman–Crippen MR) is 79.5 cm³/mol. The highest BCUT2D eigenvalue weighted by Gasteiger charge is 2.31. The lowest BCUT2D eigenvalue weighted by molar-refractivity contribution is -0.119. The van der Waals surface area contributed by atoms with Crippen LogP contribution in [0.5, 0.6) is 0 Å². The van der Waals surface area contributed by atoms with Gasteiger partial charge in [-0.3, -0.25) is 4.98 Å². The van der Waals surface area contributed by atoms with E-state index in [1.807, 2.05) is 13.8 Å². The first-order chi connectivity index (χ1) is 9.87. The van der Waals surface area contributed by atoms with Crippen LogP contribution in [0.3, 0.4) is 0 Å². The van der Waals surface area contributed by atoms with Crippen LogP contribution >= 0.6 is 0 Å². The highest BCUT2D eigenvalue weighted by Crippen LogP contribution is 2.26. The van der Waals surface area contributed by atoms with Crippen molar-refractivity contribution in [3.8, 4) is 0 Å². The minimum absolute atomic E-state index is 0.379. The molecule has 1 aromatic heterocycles. The predicted octanol–water partition coefficient (Wildman–Crippen LogP) is 3.67. The van der Waals surface area contributed by atoms with Crippen molar-refractivity contribution in [1.29, 1.82) is 0 Å². The zero-order chi connectivity index (χ0) is 15.9. The van der Waals surface area contributed by atoms with Gasteiger partial charge in [-0.25, -0.2) is 0 Å². The fourth-order valence-electron chi connectivity index (χ4n) is 2.18. The number of rotatable bonds is 8. The van der Waals surface area contributed by atoms with Gasteiger partial charge in [0, 0.05) is 36.2 Å². The number of halogens is 3. The van der Waals surface area contributed by atoms with Gasteiger partial charge < -0.3 is 10.2 Å². The number of nitrogens with one attached hydrogen (secondary N) is 1. The van der Waals surface area contributed by atoms with E-state index in [9.17, 15) is 13.2 Å². The Kier molecular flexibility index (Phi) is 6.95. The summed E-state index contributed by atoms with van der Waals surface area (Å²) in [7, 11) is 0. The normalized spacial score (nSPS) is 11.7. The number of hydrogen-bond acceptors (Lipinski definition) is 3. The third-order valence-electron chi connectivity index (χ3n) is 3.05. The molecule has 3 nitrogen and oxygen atoms in total. The standard InChI is InChI=1S/C15H24F3N3/c1-4-6-19-9-13-10-20-12(3)8-14(13)21(7-5-2)11-15(16,17)18/h8,10,19H,4-7,9,11H2,1-3H3. The van der Waals surface area contributed by atoms with Gasteiger partial charge in [0.05, 0.1) is 0 Å². The van der Waals surface area contributed by atoms with Crippen LogP contribution in [-0.2, 0) is 6.54 Å². The maximum absolute atomic E-state index is 12.8. The first-order valence-corrected chi connectivity index (χ1v) is 7.35. The number of pyridine rings is 1. The highest BCUT2D eigenvalue weighted by atomic mass is 19.4. The summed E-state index contributed by atoms with van der Waals surface area (Å²) in [5.74, 6) is 0. The van der Waals surface area contributed by atoms with E-state index in [-0.39, 0.29) is 0 Å². The molecule has 0 aliphatic carbocycles. The number of hydrogen-bond donors (Lipinski definition) is 1. The van der Waals surface area contributed by atoms with E-state index in [0.29, 0.717) is 25.2 Å². The summed E-state index contributed by atoms with van der Waals surface area (Å²) in [4.78, 5) is 5.61. The molecule has 0 radical (unpaired) electrons. The van der Waals surface area contributed by atoms with E-state index in [1.54, 1.807) is 19.2 Å². The van der Waals surface area contributed by atoms with Gasteiger partial charge in [-0.1, -0.05) is 13.8 Å². The second-order valence-electron chi connectivity index (χ2n) is 5.17. The van der Waals surface area contributed by atoms with Crippen molar-refractivity contribution in [2.45, 2.75) is 46.3 Å². The summed E-state index contributed by atoms with van der Waals surface area (Å²) in [5, 5.41) is 3.22. The molecule has 6 heteroatoms. The zero-order valence-corrected chi connectivity index (χ0v) is 12.9. The molecular weight excluding hydrogens is 279 g/mol. The Hall–Kier alpha value is -1.30. The van der Waals surface area contributed by atoms with Crippen LogP contribution in [0.2, 0.25) is 0 Å². The Morgan fingerprint density at radius 1 is 1.24 bits per heavy atom. The first kappa shape index (κ1) is 17.8. The Bertz CT molecular complexity index is 433. The van der Waals surface area contributed by atoms with Crippen molar-refractivity contribution >= 4 is 5.69 Å². The number of anilines is 1. The number of aromatic nitrogens is 1. The van der Waals surface area contributed by atoms with Crippen molar-refractivity contribution < 1.29 is 13.2 Å². The Morgan fingerprint density at radius 2 is 1.95 bits per heavy atom. The molecule has 1 aromatic rings. The molecule has 0 saturated carbocycles. The second-order valence-corrected chi connectivity index (χ2v) is 5.17. The minimum atomic E-state index is -4.21. The quantitative estimate of drug-likeness (QED) is 0.743. The van der Waals surface area contributed by atoms with Crippen LogP contribution in [0.4, 0.5) is 18.9 Å².